The molecule has 3 rings (SSSR count). The topological polar surface area (TPSA) is 102 Å². The molecule has 7 nitrogen and oxygen atoms in total. The Morgan fingerprint density at radius 2 is 1.26 bits per heavy atom. The second-order valence-electron chi connectivity index (χ2n) is 7.56. The number of halogens is 2. The molecule has 0 aromatic heterocycles. The predicted molar refractivity (Wildman–Crippen MR) is 126 cm³/mol. The zero-order chi connectivity index (χ0) is 24.6. The largest absolute Gasteiger partial charge is 0.493 e. The molecular formula is C25H22BrFO7. The van der Waals surface area contributed by atoms with E-state index in [9.17, 15) is 24.2 Å². The van der Waals surface area contributed by atoms with Gasteiger partial charge in [0.15, 0.2) is 0 Å². The Labute approximate surface area is 203 Å². The van der Waals surface area contributed by atoms with Crippen LogP contribution in [0.2, 0.25) is 0 Å². The van der Waals surface area contributed by atoms with E-state index in [1.54, 1.807) is 30.3 Å². The first-order chi connectivity index (χ1) is 16.3. The van der Waals surface area contributed by atoms with Crippen LogP contribution in [-0.2, 0) is 0 Å². The van der Waals surface area contributed by atoms with E-state index in [1.807, 2.05) is 0 Å². The first-order valence-electron chi connectivity index (χ1n) is 10.2. The molecule has 0 unspecified atom stereocenters. The van der Waals surface area contributed by atoms with Gasteiger partial charge in [-0.25, -0.2) is 14.0 Å². The van der Waals surface area contributed by atoms with Gasteiger partial charge in [-0.15, -0.1) is 0 Å². The van der Waals surface area contributed by atoms with Crippen LogP contribution in [0.1, 0.15) is 20.7 Å². The summed E-state index contributed by atoms with van der Waals surface area (Å²) in [6.45, 7) is -0.0631. The highest BCUT2D eigenvalue weighted by Gasteiger charge is 2.34. The van der Waals surface area contributed by atoms with Crippen LogP contribution in [0, 0.1) is 11.2 Å². The van der Waals surface area contributed by atoms with E-state index in [0.717, 1.165) is 0 Å². The van der Waals surface area contributed by atoms with Crippen LogP contribution in [0.5, 0.6) is 17.2 Å². The summed E-state index contributed by atoms with van der Waals surface area (Å²) in [4.78, 5) is 23.1. The standard InChI is InChI=1S/C25H22BrFO7/c26-13-25(14-32-18-7-5-6-17(27)12-18,15-33-21-10-3-1-8-19(21)23(28)29)16-34-22-11-4-2-9-20(22)24(30)31/h1-12H,13-16H2,(H,28,29)(H,30,31). The highest BCUT2D eigenvalue weighted by atomic mass is 79.9. The minimum absolute atomic E-state index is 0.00541. The lowest BCUT2D eigenvalue weighted by Gasteiger charge is -2.32. The van der Waals surface area contributed by atoms with Gasteiger partial charge in [-0.2, -0.15) is 0 Å². The molecule has 0 aliphatic rings. The molecule has 0 atom stereocenters. The number of rotatable bonds is 12. The maximum atomic E-state index is 13.6. The first-order valence-corrected chi connectivity index (χ1v) is 11.3. The maximum Gasteiger partial charge on any atom is 0.339 e. The molecule has 0 amide bonds. The van der Waals surface area contributed by atoms with Crippen molar-refractivity contribution in [1.29, 1.82) is 0 Å². The maximum absolute atomic E-state index is 13.6. The van der Waals surface area contributed by atoms with Gasteiger partial charge in [0.25, 0.3) is 0 Å². The van der Waals surface area contributed by atoms with E-state index in [-0.39, 0.29) is 42.4 Å². The van der Waals surface area contributed by atoms with Gasteiger partial charge in [-0.1, -0.05) is 46.3 Å². The van der Waals surface area contributed by atoms with Crippen molar-refractivity contribution in [3.63, 3.8) is 0 Å². The summed E-state index contributed by atoms with van der Waals surface area (Å²) in [5.41, 5.74) is -0.910. The lowest BCUT2D eigenvalue weighted by atomic mass is 9.94. The van der Waals surface area contributed by atoms with Crippen molar-refractivity contribution in [1.82, 2.24) is 0 Å². The first kappa shape index (κ1) is 25.0. The predicted octanol–water partition coefficient (Wildman–Crippen LogP) is 5.14. The molecule has 0 saturated carbocycles. The van der Waals surface area contributed by atoms with Crippen molar-refractivity contribution in [3.05, 3.63) is 89.7 Å². The number of carboxylic acids is 2. The number of para-hydroxylation sites is 2. The van der Waals surface area contributed by atoms with Crippen LogP contribution in [0.15, 0.2) is 72.8 Å². The lowest BCUT2D eigenvalue weighted by molar-refractivity contribution is 0.0492. The van der Waals surface area contributed by atoms with Gasteiger partial charge >= 0.3 is 11.9 Å². The van der Waals surface area contributed by atoms with Crippen LogP contribution < -0.4 is 14.2 Å². The summed E-state index contributed by atoms with van der Waals surface area (Å²) >= 11 is 3.46. The Bertz CT molecular complexity index is 1090. The van der Waals surface area contributed by atoms with Gasteiger partial charge in [-0.05, 0) is 36.4 Å². The SMILES string of the molecule is O=C(O)c1ccccc1OCC(CBr)(COc1cccc(F)c1)COc1ccccc1C(=O)O. The summed E-state index contributed by atoms with van der Waals surface area (Å²) in [7, 11) is 0. The molecule has 0 spiro atoms. The van der Waals surface area contributed by atoms with Gasteiger partial charge in [0.2, 0.25) is 0 Å². The van der Waals surface area contributed by atoms with Crippen molar-refractivity contribution in [2.75, 3.05) is 25.2 Å². The molecular weight excluding hydrogens is 511 g/mol. The Morgan fingerprint density at radius 3 is 1.74 bits per heavy atom. The molecule has 0 radical (unpaired) electrons. The van der Waals surface area contributed by atoms with E-state index in [2.05, 4.69) is 15.9 Å². The normalized spacial score (nSPS) is 11.0. The van der Waals surface area contributed by atoms with Crippen LogP contribution >= 0.6 is 15.9 Å². The minimum atomic E-state index is -1.14. The fourth-order valence-electron chi connectivity index (χ4n) is 3.03. The molecule has 34 heavy (non-hydrogen) atoms. The summed E-state index contributed by atoms with van der Waals surface area (Å²) in [6, 6.07) is 18.1. The van der Waals surface area contributed by atoms with Gasteiger partial charge < -0.3 is 24.4 Å². The number of carbonyl (C=O) groups is 2. The van der Waals surface area contributed by atoms with Crippen molar-refractivity contribution in [3.8, 4) is 17.2 Å². The molecule has 9 heteroatoms. The van der Waals surface area contributed by atoms with Crippen LogP contribution in [-0.4, -0.2) is 47.3 Å². The molecule has 178 valence electrons. The molecule has 0 saturated heterocycles. The molecule has 3 aromatic carbocycles. The number of ether oxygens (including phenoxy) is 3. The number of benzene rings is 3. The smallest absolute Gasteiger partial charge is 0.339 e. The fourth-order valence-corrected chi connectivity index (χ4v) is 3.52. The van der Waals surface area contributed by atoms with Crippen molar-refractivity contribution < 1.29 is 38.4 Å². The van der Waals surface area contributed by atoms with E-state index in [0.29, 0.717) is 11.1 Å². The molecule has 2 N–H and O–H groups in total. The molecule has 3 aromatic rings. The van der Waals surface area contributed by atoms with Crippen LogP contribution in [0.4, 0.5) is 4.39 Å². The van der Waals surface area contributed by atoms with Gasteiger partial charge in [0.1, 0.15) is 54.0 Å². The van der Waals surface area contributed by atoms with Gasteiger partial charge in [-0.3, -0.25) is 0 Å². The second-order valence-corrected chi connectivity index (χ2v) is 8.12. The minimum Gasteiger partial charge on any atom is -0.493 e. The summed E-state index contributed by atoms with van der Waals surface area (Å²) in [5.74, 6) is -2.11. The molecule has 0 aliphatic heterocycles. The summed E-state index contributed by atoms with van der Waals surface area (Å²) in [6.07, 6.45) is 0. The molecule has 0 fully saturated rings. The van der Waals surface area contributed by atoms with Gasteiger partial charge in [0.05, 0.1) is 5.41 Å². The quantitative estimate of drug-likeness (QED) is 0.311. The second kappa shape index (κ2) is 11.5. The van der Waals surface area contributed by atoms with E-state index in [1.165, 1.54) is 42.5 Å². The molecule has 0 bridgehead atoms. The van der Waals surface area contributed by atoms with Crippen molar-refractivity contribution >= 4 is 27.9 Å². The Morgan fingerprint density at radius 1 is 0.765 bits per heavy atom. The monoisotopic (exact) mass is 532 g/mol. The number of aromatic carboxylic acids is 2. The lowest BCUT2D eigenvalue weighted by Crippen LogP contribution is -2.42. The third-order valence-corrected chi connectivity index (χ3v) is 6.12. The van der Waals surface area contributed by atoms with Crippen molar-refractivity contribution in [2.45, 2.75) is 0 Å². The number of hydrogen-bond acceptors (Lipinski definition) is 5. The highest BCUT2D eigenvalue weighted by Crippen LogP contribution is 2.29. The Kier molecular flexibility index (Phi) is 8.48. The highest BCUT2D eigenvalue weighted by molar-refractivity contribution is 9.09. The Hall–Kier alpha value is -3.59. The molecule has 0 heterocycles. The van der Waals surface area contributed by atoms with Crippen LogP contribution in [0.25, 0.3) is 0 Å². The third-order valence-electron chi connectivity index (χ3n) is 4.93. The third kappa shape index (κ3) is 6.48. The van der Waals surface area contributed by atoms with E-state index >= 15 is 0 Å². The summed E-state index contributed by atoms with van der Waals surface area (Å²) < 4.78 is 31.2. The number of hydrogen-bond donors (Lipinski definition) is 2. The zero-order valence-corrected chi connectivity index (χ0v) is 19.5. The van der Waals surface area contributed by atoms with E-state index < -0.39 is 23.2 Å². The Balaban J connectivity index is 1.85. The summed E-state index contributed by atoms with van der Waals surface area (Å²) in [5, 5.41) is 19.2. The fraction of sp³-hybridized carbons (Fsp3) is 0.200. The van der Waals surface area contributed by atoms with Crippen LogP contribution in [0.3, 0.4) is 0 Å². The van der Waals surface area contributed by atoms with E-state index in [4.69, 9.17) is 14.2 Å². The average Bonchev–Trinajstić information content (AvgIpc) is 2.84. The van der Waals surface area contributed by atoms with Gasteiger partial charge in [0, 0.05) is 11.4 Å². The number of carboxylic acid groups (broad SMARTS) is 2. The number of alkyl halides is 1. The zero-order valence-electron chi connectivity index (χ0n) is 17.9. The molecule has 0 aliphatic carbocycles. The average molecular weight is 533 g/mol. The van der Waals surface area contributed by atoms with Crippen molar-refractivity contribution in [2.24, 2.45) is 5.41 Å².